The molecule has 1 aliphatic heterocycles. The third-order valence-corrected chi connectivity index (χ3v) is 7.80. The molecule has 0 bridgehead atoms. The Hall–Kier alpha value is -4.73. The number of carboxylic acids is 1. The van der Waals surface area contributed by atoms with Crippen molar-refractivity contribution in [2.24, 2.45) is 0 Å². The fourth-order valence-electron chi connectivity index (χ4n) is 4.52. The summed E-state index contributed by atoms with van der Waals surface area (Å²) in [6.07, 6.45) is 1.74. The van der Waals surface area contributed by atoms with Gasteiger partial charge in [-0.25, -0.2) is 4.98 Å². The summed E-state index contributed by atoms with van der Waals surface area (Å²) in [6, 6.07) is 34.1. The first-order valence-electron chi connectivity index (χ1n) is 12.4. The Labute approximate surface area is 239 Å². The van der Waals surface area contributed by atoms with Gasteiger partial charge < -0.3 is 15.0 Å². The number of carbonyl (C=O) groups is 2. The van der Waals surface area contributed by atoms with Gasteiger partial charge >= 0.3 is 5.97 Å². The number of thiocarbonyl (C=S) groups is 1. The first kappa shape index (κ1) is 25.5. The maximum absolute atomic E-state index is 12.7. The summed E-state index contributed by atoms with van der Waals surface area (Å²) in [5.74, 6) is -0.678. The van der Waals surface area contributed by atoms with Crippen molar-refractivity contribution in [1.82, 2.24) is 14.9 Å². The van der Waals surface area contributed by atoms with Crippen LogP contribution >= 0.6 is 24.0 Å². The van der Waals surface area contributed by atoms with Crippen molar-refractivity contribution in [2.45, 2.75) is 0 Å². The molecule has 4 aromatic carbocycles. The van der Waals surface area contributed by atoms with Crippen molar-refractivity contribution in [3.63, 3.8) is 0 Å². The van der Waals surface area contributed by atoms with E-state index in [1.807, 2.05) is 66.7 Å². The van der Waals surface area contributed by atoms with E-state index in [0.717, 1.165) is 61.7 Å². The second kappa shape index (κ2) is 10.8. The molecule has 196 valence electrons. The standard InChI is InChI=1S/C31H22N4O3S2/c36-28(37)19-34-30(38)27(40-31(34)39)18-20-10-14-23(15-11-20)35(22-6-2-1-3-7-22)24-16-12-21(13-17-24)29-32-25-8-4-5-9-26(25)33-29/h1-18H,19H2,(H,32,33)(H,36,37)/b27-18-. The summed E-state index contributed by atoms with van der Waals surface area (Å²) in [7, 11) is 0. The van der Waals surface area contributed by atoms with Crippen LogP contribution in [0.4, 0.5) is 17.1 Å². The Kier molecular flexibility index (Phi) is 6.90. The smallest absolute Gasteiger partial charge is 0.323 e. The molecule has 9 heteroatoms. The van der Waals surface area contributed by atoms with Crippen molar-refractivity contribution >= 4 is 74.3 Å². The number of anilines is 3. The number of imidazole rings is 1. The zero-order chi connectivity index (χ0) is 27.6. The SMILES string of the molecule is O=C(O)CN1C(=O)/C(=C/c2ccc(N(c3ccccc3)c3ccc(-c4nc5ccccc5[nH]4)cc3)cc2)SC1=S. The number of aromatic amines is 1. The van der Waals surface area contributed by atoms with Crippen molar-refractivity contribution in [2.75, 3.05) is 11.4 Å². The molecule has 7 nitrogen and oxygen atoms in total. The van der Waals surface area contributed by atoms with E-state index in [9.17, 15) is 9.59 Å². The zero-order valence-corrected chi connectivity index (χ0v) is 22.7. The Morgan fingerprint density at radius 2 is 1.52 bits per heavy atom. The van der Waals surface area contributed by atoms with Gasteiger partial charge in [0.25, 0.3) is 5.91 Å². The Morgan fingerprint density at radius 3 is 2.20 bits per heavy atom. The normalized spacial score (nSPS) is 14.3. The van der Waals surface area contributed by atoms with Gasteiger partial charge in [-0.05, 0) is 72.3 Å². The number of benzene rings is 4. The van der Waals surface area contributed by atoms with Gasteiger partial charge in [-0.3, -0.25) is 14.5 Å². The van der Waals surface area contributed by atoms with Gasteiger partial charge in [0, 0.05) is 22.6 Å². The lowest BCUT2D eigenvalue weighted by Crippen LogP contribution is -2.33. The molecule has 5 aromatic rings. The lowest BCUT2D eigenvalue weighted by molar-refractivity contribution is -0.140. The summed E-state index contributed by atoms with van der Waals surface area (Å²) in [6.45, 7) is -0.442. The Bertz CT molecular complexity index is 1730. The molecule has 1 aromatic heterocycles. The summed E-state index contributed by atoms with van der Waals surface area (Å²) in [5, 5.41) is 9.07. The number of nitrogens with zero attached hydrogens (tertiary/aromatic N) is 3. The van der Waals surface area contributed by atoms with E-state index in [1.165, 1.54) is 0 Å². The van der Waals surface area contributed by atoms with Crippen LogP contribution in [0.3, 0.4) is 0 Å². The molecule has 0 unspecified atom stereocenters. The molecule has 2 N–H and O–H groups in total. The van der Waals surface area contributed by atoms with Crippen molar-refractivity contribution < 1.29 is 14.7 Å². The predicted molar refractivity (Wildman–Crippen MR) is 164 cm³/mol. The minimum absolute atomic E-state index is 0.247. The number of amides is 1. The molecule has 40 heavy (non-hydrogen) atoms. The fourth-order valence-corrected chi connectivity index (χ4v) is 5.78. The van der Waals surface area contributed by atoms with Crippen molar-refractivity contribution in [3.8, 4) is 11.4 Å². The first-order valence-corrected chi connectivity index (χ1v) is 13.7. The number of aliphatic carboxylic acids is 1. The van der Waals surface area contributed by atoms with Crippen LogP contribution in [0.1, 0.15) is 5.56 Å². The number of thioether (sulfide) groups is 1. The van der Waals surface area contributed by atoms with E-state index >= 15 is 0 Å². The third kappa shape index (κ3) is 5.12. The number of hydrogen-bond donors (Lipinski definition) is 2. The number of rotatable bonds is 7. The molecule has 1 aliphatic rings. The highest BCUT2D eigenvalue weighted by Crippen LogP contribution is 2.37. The van der Waals surface area contributed by atoms with Crippen molar-refractivity contribution in [1.29, 1.82) is 0 Å². The highest BCUT2D eigenvalue weighted by atomic mass is 32.2. The number of H-pyrrole nitrogens is 1. The highest BCUT2D eigenvalue weighted by molar-refractivity contribution is 8.26. The fraction of sp³-hybridized carbons (Fsp3) is 0.0323. The number of nitrogens with one attached hydrogen (secondary N) is 1. The summed E-state index contributed by atoms with van der Waals surface area (Å²) >= 11 is 6.31. The minimum Gasteiger partial charge on any atom is -0.480 e. The average Bonchev–Trinajstić information content (AvgIpc) is 3.51. The second-order valence-electron chi connectivity index (χ2n) is 9.07. The van der Waals surface area contributed by atoms with Gasteiger partial charge in [-0.2, -0.15) is 0 Å². The van der Waals surface area contributed by atoms with E-state index in [4.69, 9.17) is 22.3 Å². The van der Waals surface area contributed by atoms with Gasteiger partial charge in [0.1, 0.15) is 16.7 Å². The maximum Gasteiger partial charge on any atom is 0.323 e. The summed E-state index contributed by atoms with van der Waals surface area (Å²) in [4.78, 5) is 35.5. The quantitative estimate of drug-likeness (QED) is 0.163. The Morgan fingerprint density at radius 1 is 0.900 bits per heavy atom. The zero-order valence-electron chi connectivity index (χ0n) is 21.0. The lowest BCUT2D eigenvalue weighted by atomic mass is 10.1. The molecule has 0 atom stereocenters. The van der Waals surface area contributed by atoms with E-state index < -0.39 is 18.4 Å². The number of hydrogen-bond acceptors (Lipinski definition) is 6. The first-order chi connectivity index (χ1) is 19.5. The van der Waals surface area contributed by atoms with E-state index in [2.05, 4.69) is 46.3 Å². The molecular formula is C31H22N4O3S2. The van der Waals surface area contributed by atoms with E-state index in [-0.39, 0.29) is 4.32 Å². The molecule has 0 saturated carbocycles. The van der Waals surface area contributed by atoms with Gasteiger partial charge in [-0.15, -0.1) is 0 Å². The molecule has 1 amide bonds. The minimum atomic E-state index is -1.10. The monoisotopic (exact) mass is 562 g/mol. The molecular weight excluding hydrogens is 541 g/mol. The second-order valence-corrected chi connectivity index (χ2v) is 10.7. The molecule has 6 rings (SSSR count). The predicted octanol–water partition coefficient (Wildman–Crippen LogP) is 6.99. The van der Waals surface area contributed by atoms with Crippen LogP contribution in [0, 0.1) is 0 Å². The van der Waals surface area contributed by atoms with Gasteiger partial charge in [0.15, 0.2) is 0 Å². The maximum atomic E-state index is 12.7. The molecule has 1 saturated heterocycles. The summed E-state index contributed by atoms with van der Waals surface area (Å²) in [5.41, 5.74) is 6.65. The number of para-hydroxylation sites is 3. The number of carbonyl (C=O) groups excluding carboxylic acids is 1. The summed E-state index contributed by atoms with van der Waals surface area (Å²) < 4.78 is 0.247. The van der Waals surface area contributed by atoms with Gasteiger partial charge in [-0.1, -0.05) is 66.4 Å². The number of carboxylic acid groups (broad SMARTS) is 1. The van der Waals surface area contributed by atoms with E-state index in [1.54, 1.807) is 6.08 Å². The van der Waals surface area contributed by atoms with Crippen LogP contribution < -0.4 is 4.90 Å². The molecule has 1 fully saturated rings. The van der Waals surface area contributed by atoms with Crippen LogP contribution in [0.2, 0.25) is 0 Å². The van der Waals surface area contributed by atoms with E-state index in [0.29, 0.717) is 4.91 Å². The van der Waals surface area contributed by atoms with Gasteiger partial charge in [0.2, 0.25) is 0 Å². The average molecular weight is 563 g/mol. The lowest BCUT2D eigenvalue weighted by Gasteiger charge is -2.25. The van der Waals surface area contributed by atoms with Crippen LogP contribution in [0.15, 0.2) is 108 Å². The Balaban J connectivity index is 1.29. The molecule has 0 aliphatic carbocycles. The topological polar surface area (TPSA) is 89.5 Å². The van der Waals surface area contributed by atoms with Crippen LogP contribution in [0.25, 0.3) is 28.5 Å². The molecule has 0 spiro atoms. The van der Waals surface area contributed by atoms with Gasteiger partial charge in [0.05, 0.1) is 15.9 Å². The van der Waals surface area contributed by atoms with Crippen LogP contribution in [-0.4, -0.2) is 42.7 Å². The van der Waals surface area contributed by atoms with Crippen molar-refractivity contribution in [3.05, 3.63) is 114 Å². The van der Waals surface area contributed by atoms with Crippen LogP contribution in [-0.2, 0) is 9.59 Å². The van der Waals surface area contributed by atoms with Crippen LogP contribution in [0.5, 0.6) is 0 Å². The molecule has 2 heterocycles. The number of fused-ring (bicyclic) bond motifs is 1. The number of aromatic nitrogens is 2. The highest BCUT2D eigenvalue weighted by Gasteiger charge is 2.33. The third-order valence-electron chi connectivity index (χ3n) is 6.42. The largest absolute Gasteiger partial charge is 0.480 e. The molecule has 0 radical (unpaired) electrons.